The second-order valence-corrected chi connectivity index (χ2v) is 5.68. The number of amides is 1. The molecule has 0 spiro atoms. The topological polar surface area (TPSA) is 79.8 Å². The van der Waals surface area contributed by atoms with Gasteiger partial charge in [-0.05, 0) is 30.7 Å². The van der Waals surface area contributed by atoms with Crippen LogP contribution < -0.4 is 10.6 Å². The Morgan fingerprint density at radius 1 is 1.17 bits per heavy atom. The van der Waals surface area contributed by atoms with Crippen molar-refractivity contribution in [2.45, 2.75) is 13.3 Å². The number of fused-ring (bicyclic) bond motifs is 3. The van der Waals surface area contributed by atoms with E-state index >= 15 is 0 Å². The third-order valence-corrected chi connectivity index (χ3v) is 3.83. The van der Waals surface area contributed by atoms with Gasteiger partial charge in [-0.3, -0.25) is 4.79 Å². The maximum atomic E-state index is 12.0. The molecule has 1 aliphatic rings. The number of carbonyl (C=O) groups excluding carboxylic acids is 1. The first-order valence-corrected chi connectivity index (χ1v) is 7.64. The van der Waals surface area contributed by atoms with Crippen molar-refractivity contribution >= 4 is 23.4 Å². The summed E-state index contributed by atoms with van der Waals surface area (Å²) in [5, 5.41) is 6.03. The molecule has 0 saturated heterocycles. The molecule has 2 N–H and O–H groups in total. The first kappa shape index (κ1) is 14.3. The fourth-order valence-corrected chi connectivity index (χ4v) is 2.71. The predicted octanol–water partition coefficient (Wildman–Crippen LogP) is 3.09. The van der Waals surface area contributed by atoms with Crippen molar-refractivity contribution in [1.82, 2.24) is 15.0 Å². The number of nitrogens with zero attached hydrogens (tertiary/aromatic N) is 3. The SMILES string of the molecule is Cc1ccnc(Nc2ncc3c(n2)-c2ccccc2NC(=O)C3)c1. The van der Waals surface area contributed by atoms with Crippen LogP contribution >= 0.6 is 0 Å². The molecular formula is C18H15N5O. The smallest absolute Gasteiger partial charge is 0.228 e. The summed E-state index contributed by atoms with van der Waals surface area (Å²) in [6.07, 6.45) is 3.69. The lowest BCUT2D eigenvalue weighted by molar-refractivity contribution is -0.115. The molecule has 0 saturated carbocycles. The van der Waals surface area contributed by atoms with Gasteiger partial charge in [0, 0.05) is 23.5 Å². The quantitative estimate of drug-likeness (QED) is 0.759. The third-order valence-electron chi connectivity index (χ3n) is 3.83. The summed E-state index contributed by atoms with van der Waals surface area (Å²) in [6.45, 7) is 2.00. The third kappa shape index (κ3) is 2.69. The molecule has 6 heteroatoms. The Kier molecular flexibility index (Phi) is 3.42. The highest BCUT2D eigenvalue weighted by atomic mass is 16.1. The first-order valence-electron chi connectivity index (χ1n) is 7.64. The second kappa shape index (κ2) is 5.73. The zero-order valence-corrected chi connectivity index (χ0v) is 13.1. The number of carbonyl (C=O) groups is 1. The number of hydrogen-bond acceptors (Lipinski definition) is 5. The lowest BCUT2D eigenvalue weighted by Gasteiger charge is -2.10. The van der Waals surface area contributed by atoms with Gasteiger partial charge in [0.05, 0.1) is 17.8 Å². The van der Waals surface area contributed by atoms with Crippen molar-refractivity contribution < 1.29 is 4.79 Å². The van der Waals surface area contributed by atoms with Gasteiger partial charge in [0.1, 0.15) is 5.82 Å². The summed E-state index contributed by atoms with van der Waals surface area (Å²) in [4.78, 5) is 25.2. The van der Waals surface area contributed by atoms with E-state index < -0.39 is 0 Å². The fraction of sp³-hybridized carbons (Fsp3) is 0.111. The van der Waals surface area contributed by atoms with Gasteiger partial charge in [0.15, 0.2) is 0 Å². The van der Waals surface area contributed by atoms with Gasteiger partial charge in [-0.25, -0.2) is 15.0 Å². The fourth-order valence-electron chi connectivity index (χ4n) is 2.71. The van der Waals surface area contributed by atoms with Crippen molar-refractivity contribution in [3.05, 3.63) is 59.9 Å². The van der Waals surface area contributed by atoms with E-state index in [0.717, 1.165) is 28.1 Å². The maximum absolute atomic E-state index is 12.0. The van der Waals surface area contributed by atoms with E-state index in [2.05, 4.69) is 25.6 Å². The molecule has 118 valence electrons. The number of para-hydroxylation sites is 1. The van der Waals surface area contributed by atoms with Crippen LogP contribution in [0.5, 0.6) is 0 Å². The van der Waals surface area contributed by atoms with E-state index in [9.17, 15) is 4.79 Å². The monoisotopic (exact) mass is 317 g/mol. The molecule has 0 aliphatic carbocycles. The molecule has 2 aromatic heterocycles. The van der Waals surface area contributed by atoms with Crippen molar-refractivity contribution in [2.24, 2.45) is 0 Å². The molecule has 1 amide bonds. The molecule has 24 heavy (non-hydrogen) atoms. The lowest BCUT2D eigenvalue weighted by Crippen LogP contribution is -2.12. The Morgan fingerprint density at radius 2 is 2.04 bits per heavy atom. The Hall–Kier alpha value is -3.28. The van der Waals surface area contributed by atoms with Crippen LogP contribution in [-0.2, 0) is 11.2 Å². The van der Waals surface area contributed by atoms with Gasteiger partial charge in [-0.15, -0.1) is 0 Å². The number of rotatable bonds is 2. The molecule has 6 nitrogen and oxygen atoms in total. The van der Waals surface area contributed by atoms with Crippen LogP contribution in [0, 0.1) is 6.92 Å². The number of anilines is 3. The number of hydrogen-bond donors (Lipinski definition) is 2. The average molecular weight is 317 g/mol. The van der Waals surface area contributed by atoms with Crippen LogP contribution in [0.4, 0.5) is 17.5 Å². The summed E-state index contributed by atoms with van der Waals surface area (Å²) in [6, 6.07) is 11.5. The highest BCUT2D eigenvalue weighted by molar-refractivity contribution is 5.99. The minimum Gasteiger partial charge on any atom is -0.325 e. The number of aryl methyl sites for hydroxylation is 1. The Balaban J connectivity index is 1.78. The van der Waals surface area contributed by atoms with Gasteiger partial charge in [-0.1, -0.05) is 18.2 Å². The summed E-state index contributed by atoms with van der Waals surface area (Å²) < 4.78 is 0. The summed E-state index contributed by atoms with van der Waals surface area (Å²) >= 11 is 0. The van der Waals surface area contributed by atoms with Gasteiger partial charge in [0.2, 0.25) is 11.9 Å². The van der Waals surface area contributed by atoms with Crippen LogP contribution in [0.3, 0.4) is 0 Å². The normalized spacial score (nSPS) is 12.6. The molecule has 1 aromatic carbocycles. The summed E-state index contributed by atoms with van der Waals surface area (Å²) in [7, 11) is 0. The molecule has 0 bridgehead atoms. The summed E-state index contributed by atoms with van der Waals surface area (Å²) in [5.74, 6) is 1.08. The van der Waals surface area contributed by atoms with E-state index in [1.807, 2.05) is 43.3 Å². The van der Waals surface area contributed by atoms with E-state index in [0.29, 0.717) is 11.8 Å². The van der Waals surface area contributed by atoms with Gasteiger partial charge in [0.25, 0.3) is 0 Å². The molecule has 4 rings (SSSR count). The first-order chi connectivity index (χ1) is 11.7. The lowest BCUT2D eigenvalue weighted by atomic mass is 10.1. The molecule has 0 radical (unpaired) electrons. The number of aromatic nitrogens is 3. The molecule has 0 atom stereocenters. The minimum atomic E-state index is -0.0640. The van der Waals surface area contributed by atoms with Crippen molar-refractivity contribution in [3.63, 3.8) is 0 Å². The predicted molar refractivity (Wildman–Crippen MR) is 92.1 cm³/mol. The van der Waals surface area contributed by atoms with Crippen molar-refractivity contribution in [3.8, 4) is 11.3 Å². The van der Waals surface area contributed by atoms with Gasteiger partial charge >= 0.3 is 0 Å². The molecule has 3 heterocycles. The molecule has 3 aromatic rings. The van der Waals surface area contributed by atoms with Gasteiger partial charge < -0.3 is 10.6 Å². The van der Waals surface area contributed by atoms with E-state index in [4.69, 9.17) is 0 Å². The van der Waals surface area contributed by atoms with Gasteiger partial charge in [-0.2, -0.15) is 0 Å². The van der Waals surface area contributed by atoms with E-state index in [-0.39, 0.29) is 12.3 Å². The molecule has 0 fully saturated rings. The molecular weight excluding hydrogens is 302 g/mol. The maximum Gasteiger partial charge on any atom is 0.228 e. The highest BCUT2D eigenvalue weighted by Gasteiger charge is 2.20. The minimum absolute atomic E-state index is 0.0640. The summed E-state index contributed by atoms with van der Waals surface area (Å²) in [5.41, 5.74) is 4.32. The van der Waals surface area contributed by atoms with Crippen LogP contribution in [0.2, 0.25) is 0 Å². The number of benzene rings is 1. The largest absolute Gasteiger partial charge is 0.325 e. The van der Waals surface area contributed by atoms with Crippen LogP contribution in [0.1, 0.15) is 11.1 Å². The van der Waals surface area contributed by atoms with Crippen LogP contribution in [-0.4, -0.2) is 20.9 Å². The van der Waals surface area contributed by atoms with Crippen LogP contribution in [0.25, 0.3) is 11.3 Å². The van der Waals surface area contributed by atoms with Crippen molar-refractivity contribution in [2.75, 3.05) is 10.6 Å². The highest BCUT2D eigenvalue weighted by Crippen LogP contribution is 2.32. The van der Waals surface area contributed by atoms with E-state index in [1.165, 1.54) is 0 Å². The van der Waals surface area contributed by atoms with E-state index in [1.54, 1.807) is 12.4 Å². The Labute approximate surface area is 139 Å². The zero-order chi connectivity index (χ0) is 16.5. The second-order valence-electron chi connectivity index (χ2n) is 5.68. The number of pyridine rings is 1. The molecule has 1 aliphatic heterocycles. The Morgan fingerprint density at radius 3 is 2.92 bits per heavy atom. The van der Waals surface area contributed by atoms with Crippen molar-refractivity contribution in [1.29, 1.82) is 0 Å². The van der Waals surface area contributed by atoms with Crippen LogP contribution in [0.15, 0.2) is 48.8 Å². The average Bonchev–Trinajstić information content (AvgIpc) is 2.70. The standard InChI is InChI=1S/C18H15N5O/c1-11-6-7-19-15(8-11)22-18-20-10-12-9-16(24)21-14-5-3-2-4-13(14)17(12)23-18/h2-8,10H,9H2,1H3,(H,21,24)(H,19,20,22,23). The number of nitrogens with one attached hydrogen (secondary N) is 2. The Bertz CT molecular complexity index is 938. The zero-order valence-electron chi connectivity index (χ0n) is 13.1. The molecule has 0 unspecified atom stereocenters.